The highest BCUT2D eigenvalue weighted by molar-refractivity contribution is 5.04. The fourth-order valence-corrected chi connectivity index (χ4v) is 0.833. The van der Waals surface area contributed by atoms with Gasteiger partial charge < -0.3 is 10.1 Å². The summed E-state index contributed by atoms with van der Waals surface area (Å²) >= 11 is 0. The van der Waals surface area contributed by atoms with Gasteiger partial charge in [0, 0.05) is 0 Å². The molecule has 0 N–H and O–H groups in total. The van der Waals surface area contributed by atoms with Crippen molar-refractivity contribution >= 4 is 5.95 Å². The molecule has 0 radical (unpaired) electrons. The van der Waals surface area contributed by atoms with Gasteiger partial charge in [0.05, 0.1) is 0 Å². The van der Waals surface area contributed by atoms with E-state index in [4.69, 9.17) is 0 Å². The highest BCUT2D eigenvalue weighted by atomic mass is 16.6. The summed E-state index contributed by atoms with van der Waals surface area (Å²) in [6.07, 6.45) is 1.18. The van der Waals surface area contributed by atoms with Gasteiger partial charge in [0.1, 0.15) is 5.54 Å². The smallest absolute Gasteiger partial charge is 0.390 e. The Labute approximate surface area is 69.4 Å². The third kappa shape index (κ3) is 1.41. The normalized spacial score (nSPS) is 11.6. The van der Waals surface area contributed by atoms with Crippen LogP contribution in [0.1, 0.15) is 20.8 Å². The zero-order chi connectivity index (χ0) is 9.35. The molecule has 0 fully saturated rings. The molecule has 0 unspecified atom stereocenters. The van der Waals surface area contributed by atoms with Crippen molar-refractivity contribution in [2.75, 3.05) is 0 Å². The van der Waals surface area contributed by atoms with Crippen molar-refractivity contribution in [3.8, 4) is 0 Å². The molecule has 0 aliphatic carbocycles. The topological polar surface area (TPSA) is 73.8 Å². The summed E-state index contributed by atoms with van der Waals surface area (Å²) in [4.78, 5) is 13.4. The van der Waals surface area contributed by atoms with Crippen LogP contribution in [0.2, 0.25) is 0 Å². The fourth-order valence-electron chi connectivity index (χ4n) is 0.833. The largest absolute Gasteiger partial charge is 0.456 e. The van der Waals surface area contributed by atoms with Gasteiger partial charge >= 0.3 is 5.95 Å². The van der Waals surface area contributed by atoms with Crippen LogP contribution in [0.5, 0.6) is 0 Å². The lowest BCUT2D eigenvalue weighted by atomic mass is 10.1. The van der Waals surface area contributed by atoms with Gasteiger partial charge in [0.15, 0.2) is 0 Å². The van der Waals surface area contributed by atoms with Crippen molar-refractivity contribution in [2.24, 2.45) is 0 Å². The Hall–Kier alpha value is -1.46. The maximum atomic E-state index is 10.4. The predicted octanol–water partition coefficient (Wildman–Crippen LogP) is 0.941. The Morgan fingerprint density at radius 1 is 1.58 bits per heavy atom. The minimum absolute atomic E-state index is 0.220. The lowest BCUT2D eigenvalue weighted by Crippen LogP contribution is -2.24. The molecule has 0 aliphatic rings. The second kappa shape index (κ2) is 2.54. The quantitative estimate of drug-likeness (QED) is 0.464. The Morgan fingerprint density at radius 2 is 2.17 bits per heavy atom. The zero-order valence-electron chi connectivity index (χ0n) is 7.18. The molecule has 1 aromatic rings. The molecule has 0 aromatic carbocycles. The summed E-state index contributed by atoms with van der Waals surface area (Å²) in [5, 5.41) is 14.2. The van der Waals surface area contributed by atoms with Crippen LogP contribution in [0.4, 0.5) is 5.95 Å². The first kappa shape index (κ1) is 8.63. The first-order valence-corrected chi connectivity index (χ1v) is 3.48. The molecule has 0 bridgehead atoms. The highest BCUT2D eigenvalue weighted by Crippen LogP contribution is 2.17. The van der Waals surface area contributed by atoms with E-state index in [9.17, 15) is 10.1 Å². The van der Waals surface area contributed by atoms with Crippen LogP contribution < -0.4 is 0 Å². The zero-order valence-corrected chi connectivity index (χ0v) is 7.18. The first-order chi connectivity index (χ1) is 5.43. The van der Waals surface area contributed by atoms with Crippen molar-refractivity contribution in [1.82, 2.24) is 14.8 Å². The van der Waals surface area contributed by atoms with E-state index in [2.05, 4.69) is 10.1 Å². The molecule has 0 atom stereocenters. The molecule has 0 spiro atoms. The fraction of sp³-hybridized carbons (Fsp3) is 0.667. The molecule has 0 amide bonds. The van der Waals surface area contributed by atoms with Gasteiger partial charge in [-0.1, -0.05) is 10.1 Å². The Kier molecular flexibility index (Phi) is 1.83. The van der Waals surface area contributed by atoms with Crippen molar-refractivity contribution < 1.29 is 4.92 Å². The van der Waals surface area contributed by atoms with Crippen LogP contribution in [-0.2, 0) is 5.54 Å². The summed E-state index contributed by atoms with van der Waals surface area (Å²) in [6.45, 7) is 5.48. The van der Waals surface area contributed by atoms with E-state index in [1.807, 2.05) is 20.8 Å². The summed E-state index contributed by atoms with van der Waals surface area (Å²) in [6, 6.07) is 0. The molecule has 0 saturated carbocycles. The van der Waals surface area contributed by atoms with Crippen molar-refractivity contribution in [2.45, 2.75) is 26.3 Å². The van der Waals surface area contributed by atoms with Crippen LogP contribution >= 0.6 is 0 Å². The third-order valence-corrected chi connectivity index (χ3v) is 1.33. The maximum absolute atomic E-state index is 10.4. The molecule has 0 saturated heterocycles. The minimum atomic E-state index is -0.543. The summed E-state index contributed by atoms with van der Waals surface area (Å²) in [7, 11) is 0. The average molecular weight is 170 g/mol. The minimum Gasteiger partial charge on any atom is -0.390 e. The van der Waals surface area contributed by atoms with Crippen molar-refractivity contribution in [3.63, 3.8) is 0 Å². The molecular weight excluding hydrogens is 160 g/mol. The van der Waals surface area contributed by atoms with Gasteiger partial charge in [0.25, 0.3) is 0 Å². The standard InChI is InChI=1S/C6H10N4O2/c1-6(2,3)9-5(10(11)12)7-4-8-9/h4H,1-3H3. The van der Waals surface area contributed by atoms with Gasteiger partial charge in [-0.3, -0.25) is 0 Å². The second-order valence-electron chi connectivity index (χ2n) is 3.40. The van der Waals surface area contributed by atoms with Gasteiger partial charge in [-0.15, -0.1) is 4.68 Å². The third-order valence-electron chi connectivity index (χ3n) is 1.33. The Bertz CT molecular complexity index is 299. The lowest BCUT2D eigenvalue weighted by molar-refractivity contribution is -0.398. The molecule has 12 heavy (non-hydrogen) atoms. The van der Waals surface area contributed by atoms with Crippen LogP contribution in [-0.4, -0.2) is 19.7 Å². The van der Waals surface area contributed by atoms with Gasteiger partial charge in [-0.25, -0.2) is 0 Å². The van der Waals surface area contributed by atoms with Gasteiger partial charge in [-0.2, -0.15) is 0 Å². The van der Waals surface area contributed by atoms with Gasteiger partial charge in [0.2, 0.25) is 6.33 Å². The van der Waals surface area contributed by atoms with E-state index < -0.39 is 10.5 Å². The second-order valence-corrected chi connectivity index (χ2v) is 3.40. The van der Waals surface area contributed by atoms with E-state index >= 15 is 0 Å². The molecule has 1 rings (SSSR count). The van der Waals surface area contributed by atoms with Crippen LogP contribution in [0.15, 0.2) is 6.33 Å². The first-order valence-electron chi connectivity index (χ1n) is 3.48. The lowest BCUT2D eigenvalue weighted by Gasteiger charge is -2.14. The number of hydrogen-bond acceptors (Lipinski definition) is 4. The van der Waals surface area contributed by atoms with Crippen LogP contribution in [0.3, 0.4) is 0 Å². The SMILES string of the molecule is CC(C)(C)n1ncnc1[N+](=O)[O-]. The Balaban J connectivity index is 3.17. The number of hydrogen-bond donors (Lipinski definition) is 0. The van der Waals surface area contributed by atoms with Crippen molar-refractivity contribution in [1.29, 1.82) is 0 Å². The van der Waals surface area contributed by atoms with Crippen LogP contribution in [0, 0.1) is 10.1 Å². The van der Waals surface area contributed by atoms with E-state index in [1.165, 1.54) is 11.0 Å². The number of rotatable bonds is 1. The summed E-state index contributed by atoms with van der Waals surface area (Å²) in [5.41, 5.74) is -0.404. The van der Waals surface area contributed by atoms with E-state index in [1.54, 1.807) is 0 Å². The van der Waals surface area contributed by atoms with E-state index in [0.29, 0.717) is 0 Å². The molecule has 1 aromatic heterocycles. The predicted molar refractivity (Wildman–Crippen MR) is 41.7 cm³/mol. The summed E-state index contributed by atoms with van der Waals surface area (Å²) in [5.74, 6) is -0.220. The number of nitrogens with zero attached hydrogens (tertiary/aromatic N) is 4. The van der Waals surface area contributed by atoms with E-state index in [-0.39, 0.29) is 5.95 Å². The molecule has 0 aliphatic heterocycles. The van der Waals surface area contributed by atoms with Gasteiger partial charge in [-0.05, 0) is 25.7 Å². The highest BCUT2D eigenvalue weighted by Gasteiger charge is 2.27. The molecular formula is C6H10N4O2. The molecule has 6 nitrogen and oxygen atoms in total. The van der Waals surface area contributed by atoms with Crippen LogP contribution in [0.25, 0.3) is 0 Å². The van der Waals surface area contributed by atoms with E-state index in [0.717, 1.165) is 0 Å². The van der Waals surface area contributed by atoms with Crippen molar-refractivity contribution in [3.05, 3.63) is 16.4 Å². The number of aromatic nitrogens is 3. The molecule has 1 heterocycles. The molecule has 6 heteroatoms. The Morgan fingerprint density at radius 3 is 2.50 bits per heavy atom. The summed E-state index contributed by atoms with van der Waals surface area (Å²) < 4.78 is 1.28. The monoisotopic (exact) mass is 170 g/mol. The number of nitro groups is 1. The molecule has 66 valence electrons. The average Bonchev–Trinajstić information content (AvgIpc) is 2.30. The maximum Gasteiger partial charge on any atom is 0.456 e.